The van der Waals surface area contributed by atoms with Crippen molar-refractivity contribution in [3.8, 4) is 11.5 Å². The van der Waals surface area contributed by atoms with Crippen molar-refractivity contribution in [2.24, 2.45) is 0 Å². The Bertz CT molecular complexity index is 448. The highest BCUT2D eigenvalue weighted by atomic mass is 79.9. The first-order chi connectivity index (χ1) is 9.33. The van der Waals surface area contributed by atoms with Crippen LogP contribution in [-0.4, -0.2) is 24.9 Å². The maximum atomic E-state index is 9.11. The molecule has 0 aromatic heterocycles. The molecule has 2 heterocycles. The molecule has 0 saturated heterocycles. The molecule has 2 aliphatic rings. The highest BCUT2D eigenvalue weighted by molar-refractivity contribution is 9.10. The van der Waals surface area contributed by atoms with Crippen LogP contribution >= 0.6 is 15.9 Å². The minimum absolute atomic E-state index is 0.223. The highest BCUT2D eigenvalue weighted by Gasteiger charge is 2.27. The first-order valence-corrected chi connectivity index (χ1v) is 7.84. The SMILES string of the molecule is OCCCc1c2c(c(Br)c3c1OCCC3)OCCC2. The fraction of sp³-hybridized carbons (Fsp3) is 0.600. The molecular weight excluding hydrogens is 308 g/mol. The van der Waals surface area contributed by atoms with Crippen molar-refractivity contribution >= 4 is 15.9 Å². The summed E-state index contributed by atoms with van der Waals surface area (Å²) in [6, 6.07) is 0. The largest absolute Gasteiger partial charge is 0.493 e. The van der Waals surface area contributed by atoms with Crippen molar-refractivity contribution in [1.29, 1.82) is 0 Å². The molecular formula is C15H19BrO3. The second-order valence-electron chi connectivity index (χ2n) is 5.14. The Balaban J connectivity index is 2.13. The van der Waals surface area contributed by atoms with Gasteiger partial charge < -0.3 is 14.6 Å². The Morgan fingerprint density at radius 1 is 1.00 bits per heavy atom. The molecule has 0 amide bonds. The van der Waals surface area contributed by atoms with Crippen LogP contribution in [-0.2, 0) is 19.3 Å². The lowest BCUT2D eigenvalue weighted by Crippen LogP contribution is -2.18. The molecule has 0 fully saturated rings. The monoisotopic (exact) mass is 326 g/mol. The number of rotatable bonds is 3. The maximum Gasteiger partial charge on any atom is 0.137 e. The van der Waals surface area contributed by atoms with Crippen LogP contribution < -0.4 is 9.47 Å². The second-order valence-corrected chi connectivity index (χ2v) is 5.93. The normalized spacial score (nSPS) is 17.2. The first-order valence-electron chi connectivity index (χ1n) is 7.05. The lowest BCUT2D eigenvalue weighted by atomic mass is 9.91. The summed E-state index contributed by atoms with van der Waals surface area (Å²) in [5, 5.41) is 9.11. The lowest BCUT2D eigenvalue weighted by molar-refractivity contribution is 0.263. The van der Waals surface area contributed by atoms with Crippen LogP contribution in [0.3, 0.4) is 0 Å². The Kier molecular flexibility index (Phi) is 3.99. The summed E-state index contributed by atoms with van der Waals surface area (Å²) >= 11 is 3.70. The molecule has 0 spiro atoms. The average Bonchev–Trinajstić information content (AvgIpc) is 2.47. The molecule has 4 heteroatoms. The average molecular weight is 327 g/mol. The van der Waals surface area contributed by atoms with Gasteiger partial charge in [-0.05, 0) is 54.5 Å². The van der Waals surface area contributed by atoms with Crippen molar-refractivity contribution in [2.75, 3.05) is 19.8 Å². The fourth-order valence-electron chi connectivity index (χ4n) is 3.00. The fourth-order valence-corrected chi connectivity index (χ4v) is 3.74. The molecule has 0 atom stereocenters. The predicted octanol–water partition coefficient (Wildman–Crippen LogP) is 3.02. The summed E-state index contributed by atoms with van der Waals surface area (Å²) < 4.78 is 12.9. The summed E-state index contributed by atoms with van der Waals surface area (Å²) in [6.45, 7) is 1.82. The third-order valence-corrected chi connectivity index (χ3v) is 4.71. The van der Waals surface area contributed by atoms with E-state index in [2.05, 4.69) is 15.9 Å². The quantitative estimate of drug-likeness (QED) is 0.927. The van der Waals surface area contributed by atoms with E-state index in [0.717, 1.165) is 67.7 Å². The summed E-state index contributed by atoms with van der Waals surface area (Å²) in [4.78, 5) is 0. The number of benzene rings is 1. The summed E-state index contributed by atoms with van der Waals surface area (Å²) in [5.41, 5.74) is 3.80. The molecule has 3 rings (SSSR count). The van der Waals surface area contributed by atoms with Crippen molar-refractivity contribution in [3.63, 3.8) is 0 Å². The van der Waals surface area contributed by atoms with Crippen LogP contribution in [0.4, 0.5) is 0 Å². The van der Waals surface area contributed by atoms with E-state index in [9.17, 15) is 0 Å². The zero-order valence-electron chi connectivity index (χ0n) is 11.0. The van der Waals surface area contributed by atoms with Gasteiger partial charge in [-0.15, -0.1) is 0 Å². The van der Waals surface area contributed by atoms with E-state index in [4.69, 9.17) is 14.6 Å². The van der Waals surface area contributed by atoms with Gasteiger partial charge in [-0.3, -0.25) is 0 Å². The van der Waals surface area contributed by atoms with Crippen molar-refractivity contribution in [2.45, 2.75) is 38.5 Å². The van der Waals surface area contributed by atoms with Gasteiger partial charge in [-0.1, -0.05) is 0 Å². The van der Waals surface area contributed by atoms with Gasteiger partial charge in [0.05, 0.1) is 17.7 Å². The Hall–Kier alpha value is -0.740. The van der Waals surface area contributed by atoms with Gasteiger partial charge in [0.1, 0.15) is 11.5 Å². The molecule has 0 unspecified atom stereocenters. The minimum atomic E-state index is 0.223. The zero-order valence-corrected chi connectivity index (χ0v) is 12.6. The topological polar surface area (TPSA) is 38.7 Å². The third-order valence-electron chi connectivity index (χ3n) is 3.87. The molecule has 1 aromatic carbocycles. The summed E-state index contributed by atoms with van der Waals surface area (Å²) in [6.07, 6.45) is 5.86. The third kappa shape index (κ3) is 2.36. The van der Waals surface area contributed by atoms with E-state index < -0.39 is 0 Å². The van der Waals surface area contributed by atoms with Crippen LogP contribution in [0.5, 0.6) is 11.5 Å². The van der Waals surface area contributed by atoms with E-state index in [0.29, 0.717) is 0 Å². The van der Waals surface area contributed by atoms with Crippen LogP contribution in [0.1, 0.15) is 36.0 Å². The van der Waals surface area contributed by atoms with E-state index in [1.807, 2.05) is 0 Å². The number of ether oxygens (including phenoxy) is 2. The number of hydrogen-bond donors (Lipinski definition) is 1. The molecule has 19 heavy (non-hydrogen) atoms. The molecule has 3 nitrogen and oxygen atoms in total. The number of hydrogen-bond acceptors (Lipinski definition) is 3. The van der Waals surface area contributed by atoms with Gasteiger partial charge in [-0.25, -0.2) is 0 Å². The number of fused-ring (bicyclic) bond motifs is 2. The minimum Gasteiger partial charge on any atom is -0.493 e. The predicted molar refractivity (Wildman–Crippen MR) is 77.2 cm³/mol. The van der Waals surface area contributed by atoms with Gasteiger partial charge in [0.2, 0.25) is 0 Å². The van der Waals surface area contributed by atoms with Gasteiger partial charge in [-0.2, -0.15) is 0 Å². The highest BCUT2D eigenvalue weighted by Crippen LogP contribution is 2.46. The van der Waals surface area contributed by atoms with E-state index in [1.165, 1.54) is 16.7 Å². The second kappa shape index (κ2) is 5.71. The number of aliphatic hydroxyl groups is 1. The molecule has 1 aromatic rings. The van der Waals surface area contributed by atoms with Crippen LogP contribution in [0.2, 0.25) is 0 Å². The van der Waals surface area contributed by atoms with E-state index in [-0.39, 0.29) is 6.61 Å². The molecule has 104 valence electrons. The Morgan fingerprint density at radius 2 is 1.68 bits per heavy atom. The van der Waals surface area contributed by atoms with Crippen molar-refractivity contribution < 1.29 is 14.6 Å². The standard InChI is InChI=1S/C15H19BrO3/c16-13-12-6-3-8-18-14(12)10(4-1-7-17)11-5-2-9-19-15(11)13/h17H,1-9H2. The van der Waals surface area contributed by atoms with Gasteiger partial charge >= 0.3 is 0 Å². The van der Waals surface area contributed by atoms with E-state index >= 15 is 0 Å². The Labute approximate surface area is 122 Å². The smallest absolute Gasteiger partial charge is 0.137 e. The lowest BCUT2D eigenvalue weighted by Gasteiger charge is -2.29. The van der Waals surface area contributed by atoms with Crippen LogP contribution in [0.15, 0.2) is 4.47 Å². The Morgan fingerprint density at radius 3 is 2.42 bits per heavy atom. The van der Waals surface area contributed by atoms with Gasteiger partial charge in [0.25, 0.3) is 0 Å². The zero-order chi connectivity index (χ0) is 13.2. The van der Waals surface area contributed by atoms with Gasteiger partial charge in [0.15, 0.2) is 0 Å². The summed E-state index contributed by atoms with van der Waals surface area (Å²) in [5.74, 6) is 2.07. The molecule has 0 radical (unpaired) electrons. The molecule has 2 aliphatic heterocycles. The number of aliphatic hydroxyl groups excluding tert-OH is 1. The van der Waals surface area contributed by atoms with Crippen LogP contribution in [0.25, 0.3) is 0 Å². The van der Waals surface area contributed by atoms with Crippen molar-refractivity contribution in [1.82, 2.24) is 0 Å². The van der Waals surface area contributed by atoms with E-state index in [1.54, 1.807) is 0 Å². The molecule has 0 aliphatic carbocycles. The molecule has 0 saturated carbocycles. The number of halogens is 1. The summed E-state index contributed by atoms with van der Waals surface area (Å²) in [7, 11) is 0. The first kappa shape index (κ1) is 13.3. The maximum absolute atomic E-state index is 9.11. The van der Waals surface area contributed by atoms with Crippen molar-refractivity contribution in [3.05, 3.63) is 21.2 Å². The van der Waals surface area contributed by atoms with Crippen LogP contribution in [0, 0.1) is 0 Å². The van der Waals surface area contributed by atoms with Gasteiger partial charge in [0, 0.05) is 23.3 Å². The molecule has 1 N–H and O–H groups in total. The molecule has 0 bridgehead atoms.